The molecule has 0 radical (unpaired) electrons. The van der Waals surface area contributed by atoms with Gasteiger partial charge in [0, 0.05) is 22.8 Å². The third-order valence-corrected chi connectivity index (χ3v) is 5.00. The largest absolute Gasteiger partial charge is 0.451 e. The molecule has 0 N–H and O–H groups in total. The van der Waals surface area contributed by atoms with Crippen molar-refractivity contribution in [3.63, 3.8) is 0 Å². The number of carbonyl (C=O) groups excluding carboxylic acids is 1. The van der Waals surface area contributed by atoms with Gasteiger partial charge in [0.1, 0.15) is 5.58 Å². The van der Waals surface area contributed by atoms with Crippen molar-refractivity contribution in [1.82, 2.24) is 4.90 Å². The van der Waals surface area contributed by atoms with Crippen molar-refractivity contribution < 1.29 is 9.21 Å². The molecule has 0 spiro atoms. The quantitative estimate of drug-likeness (QED) is 0.702. The first-order chi connectivity index (χ1) is 10.8. The Morgan fingerprint density at radius 3 is 2.82 bits per heavy atom. The van der Waals surface area contributed by atoms with Crippen LogP contribution in [0.25, 0.3) is 11.0 Å². The molecule has 0 unspecified atom stereocenters. The number of furan rings is 1. The number of hydrogen-bond acceptors (Lipinski definition) is 3. The van der Waals surface area contributed by atoms with Crippen molar-refractivity contribution in [3.05, 3.63) is 58.5 Å². The van der Waals surface area contributed by atoms with Crippen LogP contribution in [0.3, 0.4) is 0 Å². The van der Waals surface area contributed by atoms with Gasteiger partial charge in [0.25, 0.3) is 5.91 Å². The van der Waals surface area contributed by atoms with Gasteiger partial charge in [0.05, 0.1) is 0 Å². The lowest BCUT2D eigenvalue weighted by Crippen LogP contribution is -2.34. The smallest absolute Gasteiger partial charge is 0.289 e. The zero-order chi connectivity index (χ0) is 14.9. The Hall–Kier alpha value is -2.07. The van der Waals surface area contributed by atoms with Crippen LogP contribution in [0.15, 0.2) is 52.3 Å². The van der Waals surface area contributed by atoms with E-state index >= 15 is 0 Å². The van der Waals surface area contributed by atoms with E-state index in [4.69, 9.17) is 4.42 Å². The fourth-order valence-corrected chi connectivity index (χ4v) is 3.45. The number of benzene rings is 1. The van der Waals surface area contributed by atoms with Gasteiger partial charge in [-0.3, -0.25) is 4.79 Å². The summed E-state index contributed by atoms with van der Waals surface area (Å²) in [6.07, 6.45) is 3.13. The molecule has 1 aliphatic carbocycles. The van der Waals surface area contributed by atoms with Crippen LogP contribution in [0.5, 0.6) is 0 Å². The monoisotopic (exact) mass is 311 g/mol. The molecule has 1 amide bonds. The van der Waals surface area contributed by atoms with Crippen LogP contribution in [0.2, 0.25) is 0 Å². The molecular weight excluding hydrogens is 294 g/mol. The van der Waals surface area contributed by atoms with Crippen molar-refractivity contribution in [1.29, 1.82) is 0 Å². The second-order valence-electron chi connectivity index (χ2n) is 5.71. The van der Waals surface area contributed by atoms with Crippen LogP contribution in [0.4, 0.5) is 0 Å². The van der Waals surface area contributed by atoms with Gasteiger partial charge in [0.2, 0.25) is 0 Å². The molecule has 3 nitrogen and oxygen atoms in total. The number of amides is 1. The third-order valence-electron chi connectivity index (χ3n) is 4.06. The lowest BCUT2D eigenvalue weighted by atomic mass is 10.2. The van der Waals surface area contributed by atoms with Gasteiger partial charge in [0.15, 0.2) is 5.76 Å². The molecule has 2 aromatic heterocycles. The zero-order valence-corrected chi connectivity index (χ0v) is 13.0. The Bertz CT molecular complexity index is 753. The standard InChI is InChI=1S/C18H17NO2S/c20-18(17-12-13-4-1-2-6-16(13)21-17)19(14-7-8-14)10-9-15-5-3-11-22-15/h1-6,11-12,14H,7-10H2. The molecule has 0 aliphatic heterocycles. The highest BCUT2D eigenvalue weighted by molar-refractivity contribution is 7.09. The minimum atomic E-state index is 0.0234. The first-order valence-electron chi connectivity index (χ1n) is 7.63. The molecule has 1 fully saturated rings. The van der Waals surface area contributed by atoms with Crippen molar-refractivity contribution in [3.8, 4) is 0 Å². The van der Waals surface area contributed by atoms with Gasteiger partial charge in [-0.05, 0) is 42.8 Å². The first-order valence-corrected chi connectivity index (χ1v) is 8.51. The fourth-order valence-electron chi connectivity index (χ4n) is 2.75. The first kappa shape index (κ1) is 13.6. The van der Waals surface area contributed by atoms with E-state index in [1.54, 1.807) is 11.3 Å². The van der Waals surface area contributed by atoms with Gasteiger partial charge in [-0.2, -0.15) is 0 Å². The molecule has 4 rings (SSSR count). The maximum Gasteiger partial charge on any atom is 0.289 e. The average Bonchev–Trinajstić information content (AvgIpc) is 3.07. The van der Waals surface area contributed by atoms with Crippen molar-refractivity contribution >= 4 is 28.2 Å². The predicted octanol–water partition coefficient (Wildman–Crippen LogP) is 4.34. The van der Waals surface area contributed by atoms with Gasteiger partial charge in [-0.25, -0.2) is 0 Å². The minimum absolute atomic E-state index is 0.0234. The van der Waals surface area contributed by atoms with E-state index < -0.39 is 0 Å². The Morgan fingerprint density at radius 1 is 1.23 bits per heavy atom. The van der Waals surface area contributed by atoms with Crippen molar-refractivity contribution in [2.75, 3.05) is 6.54 Å². The Morgan fingerprint density at radius 2 is 2.09 bits per heavy atom. The molecule has 112 valence electrons. The molecule has 1 aromatic carbocycles. The summed E-state index contributed by atoms with van der Waals surface area (Å²) < 4.78 is 5.74. The summed E-state index contributed by atoms with van der Waals surface area (Å²) in [5.74, 6) is 0.481. The van der Waals surface area contributed by atoms with Gasteiger partial charge >= 0.3 is 0 Å². The SMILES string of the molecule is O=C(c1cc2ccccc2o1)N(CCc1cccs1)C1CC1. The summed E-state index contributed by atoms with van der Waals surface area (Å²) in [5.41, 5.74) is 0.778. The molecule has 0 saturated heterocycles. The van der Waals surface area contributed by atoms with Crippen LogP contribution in [-0.4, -0.2) is 23.4 Å². The zero-order valence-electron chi connectivity index (χ0n) is 12.2. The second kappa shape index (κ2) is 5.61. The van der Waals surface area contributed by atoms with E-state index in [0.717, 1.165) is 36.8 Å². The Balaban J connectivity index is 1.54. The Kier molecular flexibility index (Phi) is 3.47. The summed E-state index contributed by atoms with van der Waals surface area (Å²) >= 11 is 1.75. The lowest BCUT2D eigenvalue weighted by molar-refractivity contribution is 0.0715. The van der Waals surface area contributed by atoms with Crippen LogP contribution in [0.1, 0.15) is 28.3 Å². The molecule has 0 atom stereocenters. The topological polar surface area (TPSA) is 33.5 Å². The van der Waals surface area contributed by atoms with Gasteiger partial charge < -0.3 is 9.32 Å². The van der Waals surface area contributed by atoms with E-state index in [1.807, 2.05) is 35.2 Å². The maximum atomic E-state index is 12.8. The van der Waals surface area contributed by atoms with Crippen molar-refractivity contribution in [2.24, 2.45) is 0 Å². The van der Waals surface area contributed by atoms with Crippen LogP contribution >= 0.6 is 11.3 Å². The van der Waals surface area contributed by atoms with Crippen LogP contribution in [0, 0.1) is 0 Å². The number of nitrogens with zero attached hydrogens (tertiary/aromatic N) is 1. The fraction of sp³-hybridized carbons (Fsp3) is 0.278. The molecule has 0 bridgehead atoms. The third kappa shape index (κ3) is 2.66. The van der Waals surface area contributed by atoms with E-state index in [-0.39, 0.29) is 5.91 Å². The van der Waals surface area contributed by atoms with E-state index in [9.17, 15) is 4.79 Å². The number of rotatable bonds is 5. The van der Waals surface area contributed by atoms with Gasteiger partial charge in [-0.15, -0.1) is 11.3 Å². The second-order valence-corrected chi connectivity index (χ2v) is 6.74. The molecule has 4 heteroatoms. The highest BCUT2D eigenvalue weighted by Gasteiger charge is 2.34. The molecule has 2 heterocycles. The summed E-state index contributed by atoms with van der Waals surface area (Å²) in [4.78, 5) is 16.1. The number of para-hydroxylation sites is 1. The van der Waals surface area contributed by atoms with E-state index in [0.29, 0.717) is 11.8 Å². The predicted molar refractivity (Wildman–Crippen MR) is 88.3 cm³/mol. The number of carbonyl (C=O) groups is 1. The lowest BCUT2D eigenvalue weighted by Gasteiger charge is -2.20. The van der Waals surface area contributed by atoms with Gasteiger partial charge in [-0.1, -0.05) is 24.3 Å². The highest BCUT2D eigenvalue weighted by Crippen LogP contribution is 2.30. The maximum absolute atomic E-state index is 12.8. The normalized spacial score (nSPS) is 14.4. The van der Waals surface area contributed by atoms with Crippen LogP contribution < -0.4 is 0 Å². The summed E-state index contributed by atoms with van der Waals surface area (Å²) in [6.45, 7) is 0.765. The number of hydrogen-bond donors (Lipinski definition) is 0. The summed E-state index contributed by atoms with van der Waals surface area (Å²) in [6, 6.07) is 14.2. The minimum Gasteiger partial charge on any atom is -0.451 e. The molecule has 1 aliphatic rings. The summed E-state index contributed by atoms with van der Waals surface area (Å²) in [5, 5.41) is 3.07. The number of thiophene rings is 1. The molecule has 3 aromatic rings. The van der Waals surface area contributed by atoms with Crippen molar-refractivity contribution in [2.45, 2.75) is 25.3 Å². The number of fused-ring (bicyclic) bond motifs is 1. The van der Waals surface area contributed by atoms with E-state index in [2.05, 4.69) is 17.5 Å². The molecule has 22 heavy (non-hydrogen) atoms. The molecular formula is C18H17NO2S. The summed E-state index contributed by atoms with van der Waals surface area (Å²) in [7, 11) is 0. The van der Waals surface area contributed by atoms with Crippen LogP contribution in [-0.2, 0) is 6.42 Å². The molecule has 1 saturated carbocycles. The highest BCUT2D eigenvalue weighted by atomic mass is 32.1. The average molecular weight is 311 g/mol. The Labute approximate surface area is 133 Å². The van der Waals surface area contributed by atoms with E-state index in [1.165, 1.54) is 4.88 Å².